The third-order valence-corrected chi connectivity index (χ3v) is 6.55. The van der Waals surface area contributed by atoms with Gasteiger partial charge in [0.25, 0.3) is 11.8 Å². The van der Waals surface area contributed by atoms with E-state index in [-0.39, 0.29) is 34.4 Å². The minimum absolute atomic E-state index is 0.164. The van der Waals surface area contributed by atoms with E-state index in [1.165, 1.54) is 12.1 Å². The van der Waals surface area contributed by atoms with Crippen molar-refractivity contribution in [1.82, 2.24) is 25.6 Å². The molecular formula is C21H22FN5O2. The Bertz CT molecular complexity index is 935. The summed E-state index contributed by atoms with van der Waals surface area (Å²) in [5.41, 5.74) is -0.524. The summed E-state index contributed by atoms with van der Waals surface area (Å²) in [6.07, 6.45) is 9.59. The van der Waals surface area contributed by atoms with E-state index in [0.717, 1.165) is 38.3 Å². The molecule has 4 saturated carbocycles. The molecule has 2 N–H and O–H groups in total. The first-order valence-corrected chi connectivity index (χ1v) is 9.98. The van der Waals surface area contributed by atoms with Crippen molar-refractivity contribution in [2.45, 2.75) is 49.6 Å². The summed E-state index contributed by atoms with van der Waals surface area (Å²) < 4.78 is 13.1. The average Bonchev–Trinajstić information content (AvgIpc) is 2.67. The van der Waals surface area contributed by atoms with Crippen LogP contribution < -0.4 is 10.6 Å². The number of nitrogens with one attached hydrogen (secondary N) is 2. The summed E-state index contributed by atoms with van der Waals surface area (Å²) in [7, 11) is 0. The lowest BCUT2D eigenvalue weighted by atomic mass is 9.50. The number of halogens is 1. The number of amides is 2. The second-order valence-corrected chi connectivity index (χ2v) is 8.86. The van der Waals surface area contributed by atoms with Gasteiger partial charge in [-0.05, 0) is 68.6 Å². The maximum atomic E-state index is 13.1. The molecule has 4 fully saturated rings. The third kappa shape index (κ3) is 3.36. The van der Waals surface area contributed by atoms with Crippen LogP contribution in [0, 0.1) is 17.7 Å². The van der Waals surface area contributed by atoms with Crippen LogP contribution in [0.15, 0.2) is 36.8 Å². The van der Waals surface area contributed by atoms with Gasteiger partial charge >= 0.3 is 0 Å². The molecule has 2 aromatic rings. The van der Waals surface area contributed by atoms with Gasteiger partial charge in [0.1, 0.15) is 11.5 Å². The van der Waals surface area contributed by atoms with E-state index in [2.05, 4.69) is 25.6 Å². The molecule has 0 saturated heterocycles. The molecule has 6 rings (SSSR count). The largest absolute Gasteiger partial charge is 0.345 e. The van der Waals surface area contributed by atoms with Crippen LogP contribution in [0.2, 0.25) is 0 Å². The van der Waals surface area contributed by atoms with E-state index in [9.17, 15) is 14.0 Å². The summed E-state index contributed by atoms with van der Waals surface area (Å²) in [5, 5.41) is 6.40. The minimum Gasteiger partial charge on any atom is -0.345 e. The van der Waals surface area contributed by atoms with Crippen LogP contribution in [-0.2, 0) is 0 Å². The Balaban J connectivity index is 1.37. The third-order valence-electron chi connectivity index (χ3n) is 6.55. The van der Waals surface area contributed by atoms with Crippen molar-refractivity contribution in [3.63, 3.8) is 0 Å². The molecule has 4 aliphatic rings. The van der Waals surface area contributed by atoms with Crippen molar-refractivity contribution in [1.29, 1.82) is 0 Å². The van der Waals surface area contributed by atoms with E-state index >= 15 is 0 Å². The molecule has 0 aromatic carbocycles. The molecule has 2 unspecified atom stereocenters. The standard InChI is InChI=1S/C21H22FN5O2/c22-15-2-3-16(25-11-15)18(28)26-20-7-13-6-14(8-20)10-21(9-13,12-20)27-19(29)17-23-4-1-5-24-17/h1-5,11,13-14H,6-10,12H2,(H,26,28)(H,27,29). The van der Waals surface area contributed by atoms with Gasteiger partial charge in [-0.3, -0.25) is 9.59 Å². The van der Waals surface area contributed by atoms with Crippen LogP contribution in [0.5, 0.6) is 0 Å². The zero-order chi connectivity index (χ0) is 20.1. The van der Waals surface area contributed by atoms with Gasteiger partial charge in [0.05, 0.1) is 6.20 Å². The van der Waals surface area contributed by atoms with E-state index in [0.29, 0.717) is 18.3 Å². The molecule has 4 aliphatic carbocycles. The lowest BCUT2D eigenvalue weighted by Crippen LogP contribution is -2.70. The number of nitrogens with zero attached hydrogens (tertiary/aromatic N) is 3. The van der Waals surface area contributed by atoms with Crippen molar-refractivity contribution in [2.24, 2.45) is 11.8 Å². The second kappa shape index (κ2) is 6.57. The number of hydrogen-bond donors (Lipinski definition) is 2. The maximum Gasteiger partial charge on any atom is 0.289 e. The molecule has 150 valence electrons. The number of aromatic nitrogens is 3. The Hall–Kier alpha value is -2.90. The first-order valence-electron chi connectivity index (χ1n) is 9.98. The first-order chi connectivity index (χ1) is 13.9. The van der Waals surface area contributed by atoms with E-state index in [1.807, 2.05) is 0 Å². The van der Waals surface area contributed by atoms with Crippen molar-refractivity contribution in [3.05, 3.63) is 54.1 Å². The van der Waals surface area contributed by atoms with Gasteiger partial charge in [-0.25, -0.2) is 19.3 Å². The van der Waals surface area contributed by atoms with Gasteiger partial charge in [0.2, 0.25) is 5.82 Å². The molecule has 0 radical (unpaired) electrons. The normalized spacial score (nSPS) is 32.0. The van der Waals surface area contributed by atoms with Crippen molar-refractivity contribution >= 4 is 11.8 Å². The SMILES string of the molecule is O=C(NC12CC3CC(C1)CC(NC(=O)c1ncccn1)(C3)C2)c1ccc(F)cn1. The highest BCUT2D eigenvalue weighted by atomic mass is 19.1. The molecule has 7 nitrogen and oxygen atoms in total. The van der Waals surface area contributed by atoms with Gasteiger partial charge in [-0.2, -0.15) is 0 Å². The maximum absolute atomic E-state index is 13.1. The van der Waals surface area contributed by atoms with Crippen LogP contribution in [0.3, 0.4) is 0 Å². The Morgan fingerprint density at radius 1 is 0.931 bits per heavy atom. The van der Waals surface area contributed by atoms with Crippen molar-refractivity contribution < 1.29 is 14.0 Å². The molecular weight excluding hydrogens is 373 g/mol. The number of pyridine rings is 1. The van der Waals surface area contributed by atoms with Gasteiger partial charge < -0.3 is 10.6 Å². The van der Waals surface area contributed by atoms with Gasteiger partial charge in [-0.1, -0.05) is 0 Å². The molecule has 8 heteroatoms. The van der Waals surface area contributed by atoms with E-state index < -0.39 is 5.82 Å². The predicted octanol–water partition coefficient (Wildman–Crippen LogP) is 2.26. The summed E-state index contributed by atoms with van der Waals surface area (Å²) in [4.78, 5) is 37.5. The minimum atomic E-state index is -0.471. The topological polar surface area (TPSA) is 96.9 Å². The molecule has 2 amide bonds. The molecule has 29 heavy (non-hydrogen) atoms. The van der Waals surface area contributed by atoms with Crippen molar-refractivity contribution in [2.75, 3.05) is 0 Å². The Morgan fingerprint density at radius 2 is 1.55 bits per heavy atom. The highest BCUT2D eigenvalue weighted by Gasteiger charge is 2.59. The number of carbonyl (C=O) groups excluding carboxylic acids is 2. The summed E-state index contributed by atoms with van der Waals surface area (Å²) in [5.74, 6) is 0.0384. The Morgan fingerprint density at radius 3 is 2.14 bits per heavy atom. The zero-order valence-corrected chi connectivity index (χ0v) is 15.9. The molecule has 2 aromatic heterocycles. The fraction of sp³-hybridized carbons (Fsp3) is 0.476. The first kappa shape index (κ1) is 18.1. The summed E-state index contributed by atoms with van der Waals surface area (Å²) in [6, 6.07) is 4.31. The zero-order valence-electron chi connectivity index (χ0n) is 15.9. The quantitative estimate of drug-likeness (QED) is 0.828. The highest BCUT2D eigenvalue weighted by molar-refractivity contribution is 5.93. The number of rotatable bonds is 4. The fourth-order valence-corrected chi connectivity index (χ4v) is 6.08. The molecule has 2 atom stereocenters. The van der Waals surface area contributed by atoms with E-state index in [1.54, 1.807) is 18.5 Å². The lowest BCUT2D eigenvalue weighted by molar-refractivity contribution is -0.0449. The van der Waals surface area contributed by atoms with Crippen molar-refractivity contribution in [3.8, 4) is 0 Å². The fourth-order valence-electron chi connectivity index (χ4n) is 6.08. The molecule has 4 bridgehead atoms. The van der Waals surface area contributed by atoms with Crippen LogP contribution in [0.4, 0.5) is 4.39 Å². The van der Waals surface area contributed by atoms with E-state index in [4.69, 9.17) is 0 Å². The predicted molar refractivity (Wildman–Crippen MR) is 101 cm³/mol. The van der Waals surface area contributed by atoms with Crippen LogP contribution in [-0.4, -0.2) is 37.8 Å². The number of hydrogen-bond acceptors (Lipinski definition) is 5. The van der Waals surface area contributed by atoms with Gasteiger partial charge in [0.15, 0.2) is 0 Å². The summed E-state index contributed by atoms with van der Waals surface area (Å²) in [6.45, 7) is 0. The molecule has 0 aliphatic heterocycles. The average molecular weight is 395 g/mol. The van der Waals surface area contributed by atoms with Gasteiger partial charge in [0, 0.05) is 23.5 Å². The van der Waals surface area contributed by atoms with Crippen LogP contribution >= 0.6 is 0 Å². The lowest BCUT2D eigenvalue weighted by Gasteiger charge is -2.62. The molecule has 2 heterocycles. The number of carbonyl (C=O) groups is 2. The Kier molecular flexibility index (Phi) is 4.11. The van der Waals surface area contributed by atoms with Gasteiger partial charge in [-0.15, -0.1) is 0 Å². The highest BCUT2D eigenvalue weighted by Crippen LogP contribution is 2.57. The second-order valence-electron chi connectivity index (χ2n) is 8.86. The summed E-state index contributed by atoms with van der Waals surface area (Å²) >= 11 is 0. The van der Waals surface area contributed by atoms with Crippen LogP contribution in [0.1, 0.15) is 59.6 Å². The van der Waals surface area contributed by atoms with Crippen LogP contribution in [0.25, 0.3) is 0 Å². The molecule has 0 spiro atoms. The smallest absolute Gasteiger partial charge is 0.289 e. The monoisotopic (exact) mass is 395 g/mol. The Labute approximate surface area is 167 Å².